The number of halogens is 1. The van der Waals surface area contributed by atoms with E-state index < -0.39 is 0 Å². The van der Waals surface area contributed by atoms with Gasteiger partial charge in [-0.15, -0.1) is 0 Å². The van der Waals surface area contributed by atoms with Gasteiger partial charge in [0.2, 0.25) is 5.91 Å². The number of piperidine rings is 1. The summed E-state index contributed by atoms with van der Waals surface area (Å²) >= 11 is 6.64. The number of fused-ring (bicyclic) bond motifs is 2. The van der Waals surface area contributed by atoms with Gasteiger partial charge in [-0.3, -0.25) is 9.69 Å². The number of para-hydroxylation sites is 1. The molecule has 5 rings (SSSR count). The second kappa shape index (κ2) is 11.5. The Hall–Kier alpha value is -2.50. The summed E-state index contributed by atoms with van der Waals surface area (Å²) in [5.74, 6) is 1.54. The lowest BCUT2D eigenvalue weighted by molar-refractivity contribution is -0.138. The highest BCUT2D eigenvalue weighted by Gasteiger charge is 2.30. The molecule has 5 nitrogen and oxygen atoms in total. The number of hydrogen-bond acceptors (Lipinski definition) is 3. The molecule has 0 bridgehead atoms. The average molecular weight is 522 g/mol. The number of carbonyl (C=O) groups excluding carboxylic acids is 1. The molecule has 0 spiro atoms. The number of hydrogen-bond donors (Lipinski definition) is 0. The lowest BCUT2D eigenvalue weighted by Crippen LogP contribution is -2.45. The van der Waals surface area contributed by atoms with E-state index in [0.717, 1.165) is 76.2 Å². The SMILES string of the molecule is CC(C)CN(Cc1cc(Cl)c2c(c1)CCCCO2)C(=O)[C@@H]1CCCN(Cc2cccc3ccn(C)c23)C1. The second-order valence-electron chi connectivity index (χ2n) is 11.3. The first kappa shape index (κ1) is 26.1. The number of carbonyl (C=O) groups is 1. The molecule has 2 aromatic carbocycles. The summed E-state index contributed by atoms with van der Waals surface area (Å²) in [6.07, 6.45) is 7.27. The van der Waals surface area contributed by atoms with Crippen LogP contribution in [-0.2, 0) is 31.4 Å². The van der Waals surface area contributed by atoms with E-state index in [4.69, 9.17) is 16.3 Å². The van der Waals surface area contributed by atoms with Crippen LogP contribution in [0.25, 0.3) is 10.9 Å². The van der Waals surface area contributed by atoms with Crippen molar-refractivity contribution in [3.63, 3.8) is 0 Å². The third-order valence-corrected chi connectivity index (χ3v) is 8.05. The topological polar surface area (TPSA) is 37.7 Å². The summed E-state index contributed by atoms with van der Waals surface area (Å²) in [5, 5.41) is 1.95. The third-order valence-electron chi connectivity index (χ3n) is 7.77. The molecule has 1 atom stereocenters. The van der Waals surface area contributed by atoms with Crippen LogP contribution in [0.2, 0.25) is 5.02 Å². The minimum Gasteiger partial charge on any atom is -0.492 e. The first-order chi connectivity index (χ1) is 17.9. The van der Waals surface area contributed by atoms with Crippen LogP contribution in [0.1, 0.15) is 56.2 Å². The zero-order valence-corrected chi connectivity index (χ0v) is 23.3. The van der Waals surface area contributed by atoms with E-state index >= 15 is 0 Å². The van der Waals surface area contributed by atoms with Crippen molar-refractivity contribution in [2.45, 2.75) is 59.0 Å². The predicted octanol–water partition coefficient (Wildman–Crippen LogP) is 6.44. The van der Waals surface area contributed by atoms with Crippen LogP contribution in [0.5, 0.6) is 5.75 Å². The Morgan fingerprint density at radius 1 is 1.19 bits per heavy atom. The molecule has 198 valence electrons. The normalized spacial score (nSPS) is 18.5. The van der Waals surface area contributed by atoms with Gasteiger partial charge in [0.25, 0.3) is 0 Å². The fourth-order valence-corrected chi connectivity index (χ4v) is 6.42. The van der Waals surface area contributed by atoms with Gasteiger partial charge in [0.15, 0.2) is 0 Å². The van der Waals surface area contributed by atoms with Crippen molar-refractivity contribution in [1.29, 1.82) is 0 Å². The van der Waals surface area contributed by atoms with Crippen LogP contribution in [0, 0.1) is 11.8 Å². The van der Waals surface area contributed by atoms with Gasteiger partial charge in [-0.1, -0.05) is 49.7 Å². The van der Waals surface area contributed by atoms with Crippen LogP contribution in [0.3, 0.4) is 0 Å². The van der Waals surface area contributed by atoms with Crippen molar-refractivity contribution < 1.29 is 9.53 Å². The Kier molecular flexibility index (Phi) is 8.11. The molecule has 1 aromatic heterocycles. The highest BCUT2D eigenvalue weighted by Crippen LogP contribution is 2.34. The number of aromatic nitrogens is 1. The van der Waals surface area contributed by atoms with Crippen molar-refractivity contribution in [2.24, 2.45) is 18.9 Å². The lowest BCUT2D eigenvalue weighted by atomic mass is 9.95. The van der Waals surface area contributed by atoms with Gasteiger partial charge in [-0.25, -0.2) is 0 Å². The zero-order chi connectivity index (χ0) is 25.9. The molecule has 0 N–H and O–H groups in total. The maximum Gasteiger partial charge on any atom is 0.227 e. The van der Waals surface area contributed by atoms with Gasteiger partial charge in [-0.2, -0.15) is 0 Å². The highest BCUT2D eigenvalue weighted by atomic mass is 35.5. The van der Waals surface area contributed by atoms with Crippen molar-refractivity contribution in [1.82, 2.24) is 14.4 Å². The van der Waals surface area contributed by atoms with Gasteiger partial charge < -0.3 is 14.2 Å². The molecule has 1 saturated heterocycles. The smallest absolute Gasteiger partial charge is 0.227 e. The van der Waals surface area contributed by atoms with Crippen molar-refractivity contribution in [3.8, 4) is 5.75 Å². The first-order valence-electron chi connectivity index (χ1n) is 13.9. The van der Waals surface area contributed by atoms with Crippen LogP contribution in [0.15, 0.2) is 42.6 Å². The standard InChI is InChI=1S/C31H40ClN3O2/c1-22(2)18-35(19-23-16-25-8-4-5-15-37-30(25)28(32)17-23)31(36)27-11-7-13-34(21-27)20-26-10-6-9-24-12-14-33(3)29(24)26/h6,9-10,12,14,16-17,22,27H,4-5,7-8,11,13,15,18-21H2,1-3H3/t27-/m1/s1. The number of likely N-dealkylation sites (tertiary alicyclic amines) is 1. The van der Waals surface area contributed by atoms with E-state index in [0.29, 0.717) is 17.5 Å². The molecule has 0 aliphatic carbocycles. The van der Waals surface area contributed by atoms with Gasteiger partial charge in [-0.05, 0) is 78.8 Å². The molecule has 6 heteroatoms. The Morgan fingerprint density at radius 3 is 2.89 bits per heavy atom. The van der Waals surface area contributed by atoms with E-state index in [2.05, 4.69) is 71.8 Å². The van der Waals surface area contributed by atoms with E-state index in [-0.39, 0.29) is 11.8 Å². The summed E-state index contributed by atoms with van der Waals surface area (Å²) in [6.45, 7) is 9.18. The monoisotopic (exact) mass is 521 g/mol. The van der Waals surface area contributed by atoms with Crippen molar-refractivity contribution in [2.75, 3.05) is 26.2 Å². The Balaban J connectivity index is 1.31. The summed E-state index contributed by atoms with van der Waals surface area (Å²) < 4.78 is 8.12. The minimum absolute atomic E-state index is 0.0275. The van der Waals surface area contributed by atoms with Crippen LogP contribution in [0.4, 0.5) is 0 Å². The highest BCUT2D eigenvalue weighted by molar-refractivity contribution is 6.32. The van der Waals surface area contributed by atoms with E-state index in [9.17, 15) is 4.79 Å². The average Bonchev–Trinajstić information content (AvgIpc) is 3.09. The predicted molar refractivity (Wildman–Crippen MR) is 151 cm³/mol. The van der Waals surface area contributed by atoms with E-state index in [1.165, 1.54) is 22.0 Å². The quantitative estimate of drug-likeness (QED) is 0.359. The number of ether oxygens (including phenoxy) is 1. The Labute approximate surface area is 226 Å². The molecule has 0 radical (unpaired) electrons. The van der Waals surface area contributed by atoms with Crippen molar-refractivity contribution >= 4 is 28.4 Å². The van der Waals surface area contributed by atoms with Crippen LogP contribution < -0.4 is 4.74 Å². The maximum absolute atomic E-state index is 13.9. The number of nitrogens with zero attached hydrogens (tertiary/aromatic N) is 3. The van der Waals surface area contributed by atoms with Crippen LogP contribution >= 0.6 is 11.6 Å². The summed E-state index contributed by atoms with van der Waals surface area (Å²) in [7, 11) is 2.11. The lowest BCUT2D eigenvalue weighted by Gasteiger charge is -2.36. The van der Waals surface area contributed by atoms with Gasteiger partial charge in [0.1, 0.15) is 5.75 Å². The number of benzene rings is 2. The van der Waals surface area contributed by atoms with Crippen LogP contribution in [-0.4, -0.2) is 46.5 Å². The van der Waals surface area contributed by atoms with E-state index in [1.807, 2.05) is 6.07 Å². The molecular weight excluding hydrogens is 482 g/mol. The summed E-state index contributed by atoms with van der Waals surface area (Å²) in [4.78, 5) is 18.5. The number of aryl methyl sites for hydroxylation is 2. The first-order valence-corrected chi connectivity index (χ1v) is 14.2. The van der Waals surface area contributed by atoms with E-state index in [1.54, 1.807) is 0 Å². The summed E-state index contributed by atoms with van der Waals surface area (Å²) in [5.41, 5.74) is 4.90. The molecule has 2 aliphatic heterocycles. The maximum atomic E-state index is 13.9. The van der Waals surface area contributed by atoms with Gasteiger partial charge in [0.05, 0.1) is 23.1 Å². The molecule has 1 amide bonds. The fraction of sp³-hybridized carbons (Fsp3) is 0.516. The Morgan fingerprint density at radius 2 is 2.05 bits per heavy atom. The minimum atomic E-state index is 0.0275. The fourth-order valence-electron chi connectivity index (χ4n) is 6.11. The molecule has 3 aromatic rings. The molecule has 1 fully saturated rings. The number of rotatable bonds is 7. The third kappa shape index (κ3) is 5.99. The van der Waals surface area contributed by atoms with Gasteiger partial charge >= 0.3 is 0 Å². The molecule has 0 saturated carbocycles. The number of amides is 1. The summed E-state index contributed by atoms with van der Waals surface area (Å²) in [6, 6.07) is 12.9. The molecule has 37 heavy (non-hydrogen) atoms. The van der Waals surface area contributed by atoms with Gasteiger partial charge in [0, 0.05) is 39.4 Å². The molecular formula is C31H40ClN3O2. The van der Waals surface area contributed by atoms with Crippen molar-refractivity contribution in [3.05, 3.63) is 64.3 Å². The second-order valence-corrected chi connectivity index (χ2v) is 11.7. The molecule has 2 aliphatic rings. The zero-order valence-electron chi connectivity index (χ0n) is 22.5. The molecule has 0 unspecified atom stereocenters. The largest absolute Gasteiger partial charge is 0.492 e. The molecule has 3 heterocycles. The Bertz CT molecular complexity index is 1250.